The summed E-state index contributed by atoms with van der Waals surface area (Å²) in [7, 11) is 0. The number of aryl methyl sites for hydroxylation is 1. The van der Waals surface area contributed by atoms with Gasteiger partial charge in [-0.2, -0.15) is 0 Å². The second-order valence-corrected chi connectivity index (χ2v) is 7.92. The molecule has 0 radical (unpaired) electrons. The Hall–Kier alpha value is -1.94. The van der Waals surface area contributed by atoms with Crippen molar-refractivity contribution >= 4 is 17.5 Å². The maximum atomic E-state index is 12.5. The molecule has 0 spiro atoms. The second-order valence-electron chi connectivity index (χ2n) is 6.87. The first-order chi connectivity index (χ1) is 11.4. The summed E-state index contributed by atoms with van der Waals surface area (Å²) in [5.41, 5.74) is 2.74. The first-order valence-electron chi connectivity index (χ1n) is 8.21. The smallest absolute Gasteiger partial charge is 0.239 e. The van der Waals surface area contributed by atoms with Crippen LogP contribution in [-0.2, 0) is 4.84 Å². The first-order valence-corrected chi connectivity index (χ1v) is 9.20. The molecule has 3 rings (SSSR count). The van der Waals surface area contributed by atoms with Gasteiger partial charge in [-0.05, 0) is 44.9 Å². The van der Waals surface area contributed by atoms with Crippen molar-refractivity contribution in [3.8, 4) is 0 Å². The van der Waals surface area contributed by atoms with Gasteiger partial charge in [-0.25, -0.2) is 0 Å². The van der Waals surface area contributed by atoms with Crippen molar-refractivity contribution in [2.24, 2.45) is 0 Å². The second kappa shape index (κ2) is 6.89. The number of nitrogens with zero attached hydrogens (tertiary/aromatic N) is 1. The van der Waals surface area contributed by atoms with E-state index in [-0.39, 0.29) is 5.92 Å². The summed E-state index contributed by atoms with van der Waals surface area (Å²) < 4.78 is 0. The van der Waals surface area contributed by atoms with Gasteiger partial charge in [0.1, 0.15) is 0 Å². The molecule has 0 amide bonds. The lowest BCUT2D eigenvalue weighted by Crippen LogP contribution is -2.42. The largest absolute Gasteiger partial charge is 0.397 e. The van der Waals surface area contributed by atoms with Crippen molar-refractivity contribution in [1.82, 2.24) is 0 Å². The molecule has 1 atom stereocenters. The van der Waals surface area contributed by atoms with Crippen LogP contribution in [0.2, 0.25) is 0 Å². The molecule has 0 bridgehead atoms. The highest BCUT2D eigenvalue weighted by molar-refractivity contribution is 8.00. The summed E-state index contributed by atoms with van der Waals surface area (Å²) in [6.07, 6.45) is 0.805. The lowest BCUT2D eigenvalue weighted by molar-refractivity contribution is -0.770. The minimum Gasteiger partial charge on any atom is -0.397 e. The van der Waals surface area contributed by atoms with Gasteiger partial charge in [0, 0.05) is 9.80 Å². The molecule has 1 aliphatic heterocycles. The summed E-state index contributed by atoms with van der Waals surface area (Å²) in [5.74, 6) is 0.716. The average Bonchev–Trinajstić information content (AvgIpc) is 2.55. The van der Waals surface area contributed by atoms with Crippen LogP contribution in [-0.4, -0.2) is 22.0 Å². The monoisotopic (exact) mass is 341 g/mol. The minimum atomic E-state index is -0.458. The maximum Gasteiger partial charge on any atom is 0.239 e. The molecule has 24 heavy (non-hydrogen) atoms. The van der Waals surface area contributed by atoms with Gasteiger partial charge in [-0.15, -0.1) is 11.8 Å². The van der Waals surface area contributed by atoms with Crippen LogP contribution in [0.5, 0.6) is 0 Å². The van der Waals surface area contributed by atoms with Crippen LogP contribution >= 0.6 is 11.8 Å². The Morgan fingerprint density at radius 2 is 1.79 bits per heavy atom. The summed E-state index contributed by atoms with van der Waals surface area (Å²) in [4.78, 5) is 7.49. The van der Waals surface area contributed by atoms with E-state index in [4.69, 9.17) is 4.84 Å². The number of benzene rings is 2. The van der Waals surface area contributed by atoms with E-state index < -0.39 is 5.60 Å². The predicted octanol–water partition coefficient (Wildman–Crippen LogP) is 4.94. The zero-order valence-electron chi connectivity index (χ0n) is 14.4. The summed E-state index contributed by atoms with van der Waals surface area (Å²) in [6, 6.07) is 18.6. The Kier molecular flexibility index (Phi) is 4.86. The van der Waals surface area contributed by atoms with Crippen LogP contribution in [0.4, 0.5) is 0 Å². The third kappa shape index (κ3) is 3.93. The number of hydrogen-bond donors (Lipinski definition) is 0. The SMILES string of the molecule is Cc1ccc(SCC2=[N+]([O-])OC(C)(C)CC2c2ccccc2)cc1. The molecule has 2 aromatic rings. The van der Waals surface area contributed by atoms with Gasteiger partial charge < -0.3 is 4.84 Å². The fraction of sp³-hybridized carbons (Fsp3) is 0.350. The van der Waals surface area contributed by atoms with Gasteiger partial charge in [-0.3, -0.25) is 5.21 Å². The van der Waals surface area contributed by atoms with Gasteiger partial charge >= 0.3 is 0 Å². The maximum absolute atomic E-state index is 12.5. The molecule has 2 aromatic carbocycles. The van der Waals surface area contributed by atoms with Crippen molar-refractivity contribution in [3.05, 3.63) is 70.9 Å². The molecule has 0 N–H and O–H groups in total. The molecule has 1 heterocycles. The Morgan fingerprint density at radius 3 is 2.46 bits per heavy atom. The van der Waals surface area contributed by atoms with Crippen LogP contribution in [0.15, 0.2) is 59.5 Å². The van der Waals surface area contributed by atoms with E-state index in [0.717, 1.165) is 21.9 Å². The molecule has 0 saturated carbocycles. The topological polar surface area (TPSA) is 35.3 Å². The Balaban J connectivity index is 1.85. The molecule has 0 aliphatic carbocycles. The molecule has 0 saturated heterocycles. The molecule has 4 heteroatoms. The zero-order chi connectivity index (χ0) is 17.2. The van der Waals surface area contributed by atoms with Crippen LogP contribution < -0.4 is 0 Å². The Bertz CT molecular complexity index is 723. The highest BCUT2D eigenvalue weighted by atomic mass is 32.2. The van der Waals surface area contributed by atoms with E-state index in [9.17, 15) is 5.21 Å². The summed E-state index contributed by atoms with van der Waals surface area (Å²) in [6.45, 7) is 6.01. The normalized spacial score (nSPS) is 19.9. The standard InChI is InChI=1S/C20H23NO2S/c1-15-9-11-17(12-10-15)24-14-19-18(16-7-5-4-6-8-16)13-20(2,3)23-21(19)22/h4-12,18H,13-14H2,1-3H3. The van der Waals surface area contributed by atoms with Gasteiger partial charge in [0.2, 0.25) is 5.71 Å². The highest BCUT2D eigenvalue weighted by Crippen LogP contribution is 2.35. The van der Waals surface area contributed by atoms with Gasteiger partial charge in [0.15, 0.2) is 0 Å². The fourth-order valence-corrected chi connectivity index (χ4v) is 3.95. The van der Waals surface area contributed by atoms with Crippen LogP contribution in [0, 0.1) is 12.1 Å². The minimum absolute atomic E-state index is 0.0883. The van der Waals surface area contributed by atoms with Gasteiger partial charge in [0.05, 0.1) is 17.3 Å². The lowest BCUT2D eigenvalue weighted by atomic mass is 9.84. The van der Waals surface area contributed by atoms with Crippen molar-refractivity contribution < 1.29 is 9.74 Å². The molecule has 1 unspecified atom stereocenters. The van der Waals surface area contributed by atoms with E-state index in [1.807, 2.05) is 32.0 Å². The summed E-state index contributed by atoms with van der Waals surface area (Å²) >= 11 is 1.68. The van der Waals surface area contributed by atoms with Gasteiger partial charge in [0.25, 0.3) is 0 Å². The number of hydrogen-bond acceptors (Lipinski definition) is 3. The van der Waals surface area contributed by atoms with E-state index in [2.05, 4.69) is 43.3 Å². The number of thioether (sulfide) groups is 1. The molecule has 1 aliphatic rings. The van der Waals surface area contributed by atoms with Crippen LogP contribution in [0.3, 0.4) is 0 Å². The quantitative estimate of drug-likeness (QED) is 0.584. The van der Waals surface area contributed by atoms with Crippen LogP contribution in [0.25, 0.3) is 0 Å². The molecule has 3 nitrogen and oxygen atoms in total. The Labute approximate surface area is 147 Å². The van der Waals surface area contributed by atoms with E-state index >= 15 is 0 Å². The van der Waals surface area contributed by atoms with Crippen molar-refractivity contribution in [2.45, 2.75) is 43.6 Å². The van der Waals surface area contributed by atoms with Crippen molar-refractivity contribution in [1.29, 1.82) is 0 Å². The van der Waals surface area contributed by atoms with Crippen LogP contribution in [0.1, 0.15) is 37.3 Å². The average molecular weight is 341 g/mol. The third-order valence-electron chi connectivity index (χ3n) is 4.27. The lowest BCUT2D eigenvalue weighted by Gasteiger charge is -2.36. The fourth-order valence-electron chi connectivity index (χ4n) is 3.00. The Morgan fingerprint density at radius 1 is 1.12 bits per heavy atom. The molecular formula is C20H23NO2S. The predicted molar refractivity (Wildman–Crippen MR) is 99.5 cm³/mol. The summed E-state index contributed by atoms with van der Waals surface area (Å²) in [5, 5.41) is 12.5. The van der Waals surface area contributed by atoms with Crippen molar-refractivity contribution in [3.63, 3.8) is 0 Å². The van der Waals surface area contributed by atoms with E-state index in [1.54, 1.807) is 11.8 Å². The number of rotatable bonds is 4. The van der Waals surface area contributed by atoms with E-state index in [0.29, 0.717) is 5.75 Å². The molecule has 0 fully saturated rings. The highest BCUT2D eigenvalue weighted by Gasteiger charge is 2.38. The molecular weight excluding hydrogens is 318 g/mol. The molecule has 126 valence electrons. The zero-order valence-corrected chi connectivity index (χ0v) is 15.2. The third-order valence-corrected chi connectivity index (χ3v) is 5.32. The van der Waals surface area contributed by atoms with Gasteiger partial charge in [-0.1, -0.05) is 48.0 Å². The molecule has 0 aromatic heterocycles. The first kappa shape index (κ1) is 16.9. The van der Waals surface area contributed by atoms with Crippen molar-refractivity contribution in [2.75, 3.05) is 5.75 Å². The van der Waals surface area contributed by atoms with E-state index in [1.165, 1.54) is 11.1 Å².